The first-order valence-electron chi connectivity index (χ1n) is 3.80. The van der Waals surface area contributed by atoms with Crippen LogP contribution in [0.25, 0.3) is 6.08 Å². The van der Waals surface area contributed by atoms with E-state index in [1.54, 1.807) is 12.1 Å². The van der Waals surface area contributed by atoms with Crippen LogP contribution in [0.15, 0.2) is 22.1 Å². The van der Waals surface area contributed by atoms with Gasteiger partial charge in [-0.1, -0.05) is 0 Å². The average molecular weight is 186 g/mol. The molecule has 0 unspecified atom stereocenters. The summed E-state index contributed by atoms with van der Waals surface area (Å²) in [7, 11) is 0. The van der Waals surface area contributed by atoms with Crippen molar-refractivity contribution in [2.24, 2.45) is 0 Å². The number of furan rings is 1. The fourth-order valence-corrected chi connectivity index (χ4v) is 0.845. The molecule has 1 heterocycles. The van der Waals surface area contributed by atoms with Gasteiger partial charge in [0.2, 0.25) is 5.76 Å². The first kappa shape index (κ1) is 9.76. The molecule has 68 valence electrons. The number of hydrogen-bond acceptors (Lipinski definition) is 4. The number of allylic oxidation sites excluding steroid dienone is 1. The fourth-order valence-electron chi connectivity index (χ4n) is 0.845. The Bertz CT molecular complexity index is 469. The second-order valence-corrected chi connectivity index (χ2v) is 2.54. The number of hydrogen-bond donors (Lipinski definition) is 0. The molecule has 0 amide bonds. The minimum Gasteiger partial charge on any atom is -0.446 e. The summed E-state index contributed by atoms with van der Waals surface area (Å²) in [6.45, 7) is 1.29. The van der Waals surface area contributed by atoms with Gasteiger partial charge in [-0.25, -0.2) is 0 Å². The van der Waals surface area contributed by atoms with Gasteiger partial charge in [-0.05, 0) is 19.1 Å². The summed E-state index contributed by atoms with van der Waals surface area (Å²) >= 11 is 0. The van der Waals surface area contributed by atoms with E-state index in [-0.39, 0.29) is 17.1 Å². The van der Waals surface area contributed by atoms with Gasteiger partial charge in [0.25, 0.3) is 0 Å². The Hall–Kier alpha value is -2.33. The molecule has 1 aromatic rings. The maximum Gasteiger partial charge on any atom is 0.204 e. The monoisotopic (exact) mass is 186 g/mol. The second-order valence-electron chi connectivity index (χ2n) is 2.54. The molecule has 0 aliphatic carbocycles. The Morgan fingerprint density at radius 1 is 1.50 bits per heavy atom. The van der Waals surface area contributed by atoms with Gasteiger partial charge in [-0.2, -0.15) is 10.5 Å². The molecule has 0 radical (unpaired) electrons. The van der Waals surface area contributed by atoms with Gasteiger partial charge >= 0.3 is 0 Å². The average Bonchev–Trinajstić information content (AvgIpc) is 2.61. The molecule has 14 heavy (non-hydrogen) atoms. The number of nitrogens with zero attached hydrogens (tertiary/aromatic N) is 2. The lowest BCUT2D eigenvalue weighted by molar-refractivity contribution is -0.113. The highest BCUT2D eigenvalue weighted by Crippen LogP contribution is 2.11. The van der Waals surface area contributed by atoms with Crippen molar-refractivity contribution in [2.45, 2.75) is 6.92 Å². The van der Waals surface area contributed by atoms with Crippen LogP contribution in [0.4, 0.5) is 0 Å². The number of rotatable bonds is 2. The molecule has 0 fully saturated rings. The van der Waals surface area contributed by atoms with E-state index in [9.17, 15) is 4.79 Å². The third-order valence-corrected chi connectivity index (χ3v) is 1.52. The highest BCUT2D eigenvalue weighted by atomic mass is 16.3. The van der Waals surface area contributed by atoms with Crippen molar-refractivity contribution in [1.82, 2.24) is 0 Å². The molecule has 0 atom stereocenters. The molecule has 0 saturated heterocycles. The van der Waals surface area contributed by atoms with Gasteiger partial charge in [0.05, 0.1) is 5.57 Å². The summed E-state index contributed by atoms with van der Waals surface area (Å²) < 4.78 is 4.97. The molecule has 0 saturated carbocycles. The Morgan fingerprint density at radius 2 is 2.21 bits per heavy atom. The second kappa shape index (κ2) is 4.06. The van der Waals surface area contributed by atoms with Crippen LogP contribution >= 0.6 is 0 Å². The van der Waals surface area contributed by atoms with Gasteiger partial charge < -0.3 is 4.42 Å². The van der Waals surface area contributed by atoms with Crippen molar-refractivity contribution in [1.29, 1.82) is 10.5 Å². The molecule has 0 aliphatic rings. The molecule has 0 aliphatic heterocycles. The van der Waals surface area contributed by atoms with E-state index < -0.39 is 0 Å². The normalized spacial score (nSPS) is 10.4. The quantitative estimate of drug-likeness (QED) is 0.519. The number of nitriles is 2. The lowest BCUT2D eigenvalue weighted by Gasteiger charge is -1.88. The van der Waals surface area contributed by atoms with E-state index in [0.29, 0.717) is 5.76 Å². The van der Waals surface area contributed by atoms with E-state index in [2.05, 4.69) is 0 Å². The van der Waals surface area contributed by atoms with Crippen molar-refractivity contribution in [3.05, 3.63) is 29.2 Å². The Morgan fingerprint density at radius 3 is 2.64 bits per heavy atom. The fraction of sp³-hybridized carbons (Fsp3) is 0.100. The number of Topliss-reactive ketones (excluding diaryl/α,β-unsaturated/α-hetero) is 1. The van der Waals surface area contributed by atoms with Crippen LogP contribution in [0.5, 0.6) is 0 Å². The Labute approximate surface area is 80.7 Å². The lowest BCUT2D eigenvalue weighted by Crippen LogP contribution is -1.92. The zero-order chi connectivity index (χ0) is 10.6. The van der Waals surface area contributed by atoms with Crippen LogP contribution in [0, 0.1) is 22.7 Å². The van der Waals surface area contributed by atoms with Crippen LogP contribution in [-0.2, 0) is 4.79 Å². The number of ketones is 1. The van der Waals surface area contributed by atoms with E-state index >= 15 is 0 Å². The smallest absolute Gasteiger partial charge is 0.204 e. The Kier molecular flexibility index (Phi) is 2.83. The van der Waals surface area contributed by atoms with Crippen molar-refractivity contribution in [2.75, 3.05) is 0 Å². The zero-order valence-electron chi connectivity index (χ0n) is 7.44. The number of carbonyl (C=O) groups is 1. The van der Waals surface area contributed by atoms with Gasteiger partial charge in [0.1, 0.15) is 17.9 Å². The molecule has 0 bridgehead atoms. The third kappa shape index (κ3) is 2.09. The van der Waals surface area contributed by atoms with Crippen LogP contribution in [0.2, 0.25) is 0 Å². The van der Waals surface area contributed by atoms with Crippen LogP contribution < -0.4 is 0 Å². The molecular formula is C10H6N2O2. The maximum atomic E-state index is 10.9. The van der Waals surface area contributed by atoms with Crippen molar-refractivity contribution >= 4 is 11.9 Å². The van der Waals surface area contributed by atoms with Crippen LogP contribution in [0.1, 0.15) is 18.4 Å². The van der Waals surface area contributed by atoms with Crippen molar-refractivity contribution in [3.8, 4) is 12.1 Å². The largest absolute Gasteiger partial charge is 0.446 e. The van der Waals surface area contributed by atoms with E-state index in [0.717, 1.165) is 0 Å². The predicted molar refractivity (Wildman–Crippen MR) is 47.7 cm³/mol. The summed E-state index contributed by atoms with van der Waals surface area (Å²) in [5.74, 6) is 0.146. The summed E-state index contributed by atoms with van der Waals surface area (Å²) in [4.78, 5) is 10.9. The summed E-state index contributed by atoms with van der Waals surface area (Å²) in [5.41, 5.74) is 0.00356. The Balaban J connectivity index is 3.03. The predicted octanol–water partition coefficient (Wildman–Crippen LogP) is 1.65. The number of carbonyl (C=O) groups excluding carboxylic acids is 1. The molecule has 1 aromatic heterocycles. The van der Waals surface area contributed by atoms with Gasteiger partial charge in [-0.3, -0.25) is 4.79 Å². The summed E-state index contributed by atoms with van der Waals surface area (Å²) in [6, 6.07) is 6.55. The van der Waals surface area contributed by atoms with E-state index in [4.69, 9.17) is 14.9 Å². The summed E-state index contributed by atoms with van der Waals surface area (Å²) in [5, 5.41) is 17.0. The third-order valence-electron chi connectivity index (χ3n) is 1.52. The molecule has 0 aromatic carbocycles. The van der Waals surface area contributed by atoms with Crippen molar-refractivity contribution in [3.63, 3.8) is 0 Å². The zero-order valence-corrected chi connectivity index (χ0v) is 7.44. The van der Waals surface area contributed by atoms with Gasteiger partial charge in [-0.15, -0.1) is 0 Å². The first-order chi connectivity index (χ1) is 6.67. The van der Waals surface area contributed by atoms with Gasteiger partial charge in [0, 0.05) is 6.08 Å². The maximum absolute atomic E-state index is 10.9. The van der Waals surface area contributed by atoms with Crippen LogP contribution in [-0.4, -0.2) is 5.78 Å². The van der Waals surface area contributed by atoms with Crippen molar-refractivity contribution < 1.29 is 9.21 Å². The molecule has 4 nitrogen and oxygen atoms in total. The van der Waals surface area contributed by atoms with E-state index in [1.807, 2.05) is 0 Å². The lowest BCUT2D eigenvalue weighted by atomic mass is 10.2. The minimum atomic E-state index is -0.331. The van der Waals surface area contributed by atoms with Gasteiger partial charge in [0.15, 0.2) is 5.78 Å². The molecule has 0 N–H and O–H groups in total. The van der Waals surface area contributed by atoms with Crippen LogP contribution in [0.3, 0.4) is 0 Å². The topological polar surface area (TPSA) is 77.8 Å². The first-order valence-corrected chi connectivity index (χ1v) is 3.80. The molecule has 1 rings (SSSR count). The standard InChI is InChI=1S/C10H6N2O2/c1-7(13)8(5-11)4-9-2-3-10(6-12)14-9/h2-4H,1H3/b8-4-. The molecule has 4 heteroatoms. The highest BCUT2D eigenvalue weighted by Gasteiger charge is 2.04. The minimum absolute atomic E-state index is 0.00356. The molecule has 0 spiro atoms. The van der Waals surface area contributed by atoms with E-state index in [1.165, 1.54) is 25.1 Å². The highest BCUT2D eigenvalue weighted by molar-refractivity contribution is 6.01. The molecular weight excluding hydrogens is 180 g/mol. The summed E-state index contributed by atoms with van der Waals surface area (Å²) in [6.07, 6.45) is 1.31. The SMILES string of the molecule is CC(=O)/C(C#N)=C\c1ccc(C#N)o1.